The van der Waals surface area contributed by atoms with Crippen LogP contribution in [-0.2, 0) is 0 Å². The van der Waals surface area contributed by atoms with Crippen LogP contribution in [0.2, 0.25) is 0 Å². The molecule has 2 heterocycles. The summed E-state index contributed by atoms with van der Waals surface area (Å²) in [5.41, 5.74) is 1.50. The Balaban J connectivity index is 2.77. The predicted octanol–water partition coefficient (Wildman–Crippen LogP) is 2.24. The lowest BCUT2D eigenvalue weighted by Crippen LogP contribution is -2.08. The second-order valence-electron chi connectivity index (χ2n) is 3.41. The van der Waals surface area contributed by atoms with Crippen LogP contribution >= 0.6 is 0 Å². The van der Waals surface area contributed by atoms with Crippen LogP contribution in [0.3, 0.4) is 0 Å². The summed E-state index contributed by atoms with van der Waals surface area (Å²) in [5.74, 6) is 0.308. The lowest BCUT2D eigenvalue weighted by Gasteiger charge is -2.03. The molecule has 68 valence electrons. The highest BCUT2D eigenvalue weighted by atomic mass is 16.3. The summed E-state index contributed by atoms with van der Waals surface area (Å²) >= 11 is 0. The van der Waals surface area contributed by atoms with Crippen molar-refractivity contribution < 1.29 is 4.42 Å². The van der Waals surface area contributed by atoms with E-state index in [0.717, 1.165) is 5.69 Å². The summed E-state index contributed by atoms with van der Waals surface area (Å²) in [6.45, 7) is 4.06. The molecule has 0 saturated heterocycles. The number of furan rings is 1. The quantitative estimate of drug-likeness (QED) is 0.726. The van der Waals surface area contributed by atoms with Crippen molar-refractivity contribution in [1.29, 1.82) is 0 Å². The number of H-pyrrole nitrogens is 1. The van der Waals surface area contributed by atoms with E-state index in [-0.39, 0.29) is 5.56 Å². The van der Waals surface area contributed by atoms with Gasteiger partial charge in [0.15, 0.2) is 0 Å². The summed E-state index contributed by atoms with van der Waals surface area (Å²) in [6.07, 6.45) is 1.53. The lowest BCUT2D eigenvalue weighted by molar-refractivity contribution is 0.613. The molecule has 0 spiro atoms. The van der Waals surface area contributed by atoms with Gasteiger partial charge in [-0.25, -0.2) is 0 Å². The number of fused-ring (bicyclic) bond motifs is 1. The van der Waals surface area contributed by atoms with Crippen molar-refractivity contribution in [3.05, 3.63) is 34.4 Å². The summed E-state index contributed by atoms with van der Waals surface area (Å²) in [7, 11) is 0. The summed E-state index contributed by atoms with van der Waals surface area (Å²) in [5, 5.41) is 0.615. The van der Waals surface area contributed by atoms with E-state index < -0.39 is 0 Å². The molecule has 1 N–H and O–H groups in total. The third-order valence-electron chi connectivity index (χ3n) is 2.11. The molecular weight excluding hydrogens is 166 g/mol. The highest BCUT2D eigenvalue weighted by Crippen LogP contribution is 2.16. The maximum atomic E-state index is 11.4. The van der Waals surface area contributed by atoms with Gasteiger partial charge < -0.3 is 9.40 Å². The van der Waals surface area contributed by atoms with Gasteiger partial charge in [-0.15, -0.1) is 0 Å². The normalized spacial score (nSPS) is 11.3. The Morgan fingerprint density at radius 2 is 2.23 bits per heavy atom. The minimum Gasteiger partial charge on any atom is -0.464 e. The summed E-state index contributed by atoms with van der Waals surface area (Å²) in [4.78, 5) is 14.3. The van der Waals surface area contributed by atoms with Gasteiger partial charge in [0.2, 0.25) is 0 Å². The monoisotopic (exact) mass is 177 g/mol. The van der Waals surface area contributed by atoms with Crippen molar-refractivity contribution in [2.24, 2.45) is 0 Å². The second-order valence-corrected chi connectivity index (χ2v) is 3.41. The molecule has 2 aromatic heterocycles. The molecule has 0 aliphatic heterocycles. The van der Waals surface area contributed by atoms with Crippen molar-refractivity contribution in [1.82, 2.24) is 4.98 Å². The first-order chi connectivity index (χ1) is 6.18. The molecule has 0 unspecified atom stereocenters. The minimum absolute atomic E-state index is 0.0741. The highest BCUT2D eigenvalue weighted by molar-refractivity contribution is 5.76. The maximum absolute atomic E-state index is 11.4. The van der Waals surface area contributed by atoms with Gasteiger partial charge in [-0.2, -0.15) is 0 Å². The standard InChI is InChI=1S/C10H11NO2/c1-6(2)8-5-9-7(3-4-13-9)10(12)11-8/h3-6H,1-2H3,(H,11,12). The molecule has 3 heteroatoms. The number of hydrogen-bond acceptors (Lipinski definition) is 2. The number of pyridine rings is 1. The van der Waals surface area contributed by atoms with E-state index >= 15 is 0 Å². The molecule has 0 bridgehead atoms. The Kier molecular flexibility index (Phi) is 1.72. The highest BCUT2D eigenvalue weighted by Gasteiger charge is 2.06. The molecule has 3 nitrogen and oxygen atoms in total. The van der Waals surface area contributed by atoms with Crippen LogP contribution in [0.4, 0.5) is 0 Å². The number of aromatic amines is 1. The van der Waals surface area contributed by atoms with Gasteiger partial charge in [-0.3, -0.25) is 4.79 Å². The molecule has 0 fully saturated rings. The van der Waals surface area contributed by atoms with E-state index in [4.69, 9.17) is 4.42 Å². The Morgan fingerprint density at radius 1 is 1.46 bits per heavy atom. The van der Waals surface area contributed by atoms with Gasteiger partial charge in [-0.05, 0) is 12.0 Å². The molecular formula is C10H11NO2. The van der Waals surface area contributed by atoms with E-state index in [2.05, 4.69) is 4.98 Å². The average molecular weight is 177 g/mol. The number of nitrogens with one attached hydrogen (secondary N) is 1. The maximum Gasteiger partial charge on any atom is 0.259 e. The molecule has 0 radical (unpaired) electrons. The fourth-order valence-electron chi connectivity index (χ4n) is 1.31. The van der Waals surface area contributed by atoms with Gasteiger partial charge in [0.05, 0.1) is 11.6 Å². The largest absolute Gasteiger partial charge is 0.464 e. The zero-order chi connectivity index (χ0) is 9.42. The molecule has 0 aliphatic rings. The molecule has 0 atom stereocenters. The van der Waals surface area contributed by atoms with E-state index in [9.17, 15) is 4.79 Å². The van der Waals surface area contributed by atoms with Crippen molar-refractivity contribution in [3.8, 4) is 0 Å². The SMILES string of the molecule is CC(C)c1cc2occc2c(=O)[nH]1. The third kappa shape index (κ3) is 1.26. The van der Waals surface area contributed by atoms with Gasteiger partial charge in [0, 0.05) is 11.8 Å². The second kappa shape index (κ2) is 2.76. The van der Waals surface area contributed by atoms with E-state index in [1.807, 2.05) is 19.9 Å². The van der Waals surface area contributed by atoms with E-state index in [1.165, 1.54) is 6.26 Å². The van der Waals surface area contributed by atoms with Crippen molar-refractivity contribution in [2.45, 2.75) is 19.8 Å². The first kappa shape index (κ1) is 8.10. The Morgan fingerprint density at radius 3 is 2.92 bits per heavy atom. The van der Waals surface area contributed by atoms with Crippen LogP contribution in [0, 0.1) is 0 Å². The number of hydrogen-bond donors (Lipinski definition) is 1. The minimum atomic E-state index is -0.0741. The average Bonchev–Trinajstić information content (AvgIpc) is 2.51. The van der Waals surface area contributed by atoms with Gasteiger partial charge in [0.1, 0.15) is 5.58 Å². The predicted molar refractivity (Wildman–Crippen MR) is 50.9 cm³/mol. The smallest absolute Gasteiger partial charge is 0.259 e. The van der Waals surface area contributed by atoms with Crippen LogP contribution in [0.1, 0.15) is 25.5 Å². The molecule has 13 heavy (non-hydrogen) atoms. The topological polar surface area (TPSA) is 46.0 Å². The number of aromatic nitrogens is 1. The zero-order valence-corrected chi connectivity index (χ0v) is 7.63. The van der Waals surface area contributed by atoms with Crippen molar-refractivity contribution in [3.63, 3.8) is 0 Å². The molecule has 0 amide bonds. The van der Waals surface area contributed by atoms with Crippen LogP contribution in [-0.4, -0.2) is 4.98 Å². The lowest BCUT2D eigenvalue weighted by atomic mass is 10.1. The van der Waals surface area contributed by atoms with E-state index in [0.29, 0.717) is 16.9 Å². The molecule has 0 aliphatic carbocycles. The first-order valence-electron chi connectivity index (χ1n) is 4.29. The first-order valence-corrected chi connectivity index (χ1v) is 4.29. The zero-order valence-electron chi connectivity index (χ0n) is 7.63. The molecule has 2 rings (SSSR count). The Bertz CT molecular complexity index is 479. The van der Waals surface area contributed by atoms with Gasteiger partial charge in [-0.1, -0.05) is 13.8 Å². The van der Waals surface area contributed by atoms with E-state index in [1.54, 1.807) is 6.07 Å². The molecule has 0 aromatic carbocycles. The molecule has 2 aromatic rings. The Hall–Kier alpha value is -1.51. The third-order valence-corrected chi connectivity index (χ3v) is 2.11. The number of rotatable bonds is 1. The van der Waals surface area contributed by atoms with Crippen LogP contribution in [0.15, 0.2) is 27.6 Å². The van der Waals surface area contributed by atoms with Crippen molar-refractivity contribution >= 4 is 11.0 Å². The van der Waals surface area contributed by atoms with Gasteiger partial charge in [0.25, 0.3) is 5.56 Å². The van der Waals surface area contributed by atoms with Crippen LogP contribution in [0.25, 0.3) is 11.0 Å². The summed E-state index contributed by atoms with van der Waals surface area (Å²) in [6, 6.07) is 3.56. The van der Waals surface area contributed by atoms with Crippen molar-refractivity contribution in [2.75, 3.05) is 0 Å². The van der Waals surface area contributed by atoms with Crippen LogP contribution < -0.4 is 5.56 Å². The fourth-order valence-corrected chi connectivity index (χ4v) is 1.31. The van der Waals surface area contributed by atoms with Gasteiger partial charge >= 0.3 is 0 Å². The fraction of sp³-hybridized carbons (Fsp3) is 0.300. The molecule has 0 saturated carbocycles. The summed E-state index contributed by atoms with van der Waals surface area (Å²) < 4.78 is 5.17. The Labute approximate surface area is 75.4 Å². The van der Waals surface area contributed by atoms with Crippen LogP contribution in [0.5, 0.6) is 0 Å².